The summed E-state index contributed by atoms with van der Waals surface area (Å²) in [6.45, 7) is 8.73. The average Bonchev–Trinajstić information content (AvgIpc) is 2.84. The van der Waals surface area contributed by atoms with Crippen molar-refractivity contribution in [2.45, 2.75) is 51.5 Å². The summed E-state index contributed by atoms with van der Waals surface area (Å²) >= 11 is 0. The van der Waals surface area contributed by atoms with Gasteiger partial charge in [0.2, 0.25) is 0 Å². The van der Waals surface area contributed by atoms with Crippen LogP contribution >= 0.6 is 0 Å². The van der Waals surface area contributed by atoms with Crippen molar-refractivity contribution in [2.75, 3.05) is 11.8 Å². The zero-order valence-electron chi connectivity index (χ0n) is 22.7. The summed E-state index contributed by atoms with van der Waals surface area (Å²) in [6.07, 6.45) is 0.0110. The van der Waals surface area contributed by atoms with Crippen molar-refractivity contribution in [1.82, 2.24) is 19.9 Å². The van der Waals surface area contributed by atoms with E-state index in [0.717, 1.165) is 5.56 Å². The molecule has 2 aromatic carbocycles. The number of rotatable bonds is 9. The van der Waals surface area contributed by atoms with Crippen molar-refractivity contribution >= 4 is 15.8 Å². The molecule has 0 radical (unpaired) electrons. The van der Waals surface area contributed by atoms with Crippen LogP contribution in [0, 0.1) is 20.8 Å². The molecule has 0 aliphatic heterocycles. The minimum Gasteiger partial charge on any atom is -0.493 e. The van der Waals surface area contributed by atoms with Crippen LogP contribution in [-0.2, 0) is 16.4 Å². The molecule has 2 aromatic heterocycles. The second kappa shape index (κ2) is 11.0. The molecule has 0 amide bonds. The van der Waals surface area contributed by atoms with Gasteiger partial charge in [-0.05, 0) is 65.0 Å². The highest BCUT2D eigenvalue weighted by molar-refractivity contribution is 7.92. The highest BCUT2D eigenvalue weighted by Gasteiger charge is 2.28. The molecule has 2 N–H and O–H groups in total. The number of nitrogens with one attached hydrogen (secondary N) is 1. The average molecular weight is 550 g/mol. The monoisotopic (exact) mass is 549 g/mol. The summed E-state index contributed by atoms with van der Waals surface area (Å²) < 4.78 is 41.1. The van der Waals surface area contributed by atoms with Gasteiger partial charge in [0.1, 0.15) is 0 Å². The van der Waals surface area contributed by atoms with Gasteiger partial charge in [-0.3, -0.25) is 4.72 Å². The largest absolute Gasteiger partial charge is 0.493 e. The Labute approximate surface area is 228 Å². The third kappa shape index (κ3) is 6.87. The van der Waals surface area contributed by atoms with E-state index in [-0.39, 0.29) is 40.2 Å². The lowest BCUT2D eigenvalue weighted by Gasteiger charge is -2.22. The molecule has 204 valence electrons. The predicted molar refractivity (Wildman–Crippen MR) is 148 cm³/mol. The zero-order valence-corrected chi connectivity index (χ0v) is 23.5. The highest BCUT2D eigenvalue weighted by atomic mass is 32.2. The van der Waals surface area contributed by atoms with E-state index in [1.807, 2.05) is 20.8 Å². The van der Waals surface area contributed by atoms with E-state index in [9.17, 15) is 13.5 Å². The van der Waals surface area contributed by atoms with Gasteiger partial charge >= 0.3 is 0 Å². The van der Waals surface area contributed by atoms with Crippen LogP contribution in [0.25, 0.3) is 11.6 Å². The molecule has 0 atom stereocenters. The Morgan fingerprint density at radius 2 is 1.46 bits per heavy atom. The van der Waals surface area contributed by atoms with E-state index in [1.54, 1.807) is 56.3 Å². The van der Waals surface area contributed by atoms with Crippen LogP contribution in [0.2, 0.25) is 0 Å². The van der Waals surface area contributed by atoms with E-state index in [2.05, 4.69) is 24.7 Å². The zero-order chi connectivity index (χ0) is 28.4. The lowest BCUT2D eigenvalue weighted by molar-refractivity contribution is 0.0793. The van der Waals surface area contributed by atoms with Gasteiger partial charge in [0.15, 0.2) is 34.7 Å². The van der Waals surface area contributed by atoms with Crippen LogP contribution in [0.5, 0.6) is 17.2 Å². The fourth-order valence-corrected chi connectivity index (χ4v) is 4.85. The molecular weight excluding hydrogens is 518 g/mol. The Bertz CT molecular complexity index is 1580. The molecule has 11 heteroatoms. The molecule has 0 aliphatic carbocycles. The summed E-state index contributed by atoms with van der Waals surface area (Å²) in [5, 5.41) is 10.7. The topological polar surface area (TPSA) is 136 Å². The number of hydrogen-bond acceptors (Lipinski definition) is 9. The first-order valence-corrected chi connectivity index (χ1v) is 13.7. The van der Waals surface area contributed by atoms with Gasteiger partial charge in [0.25, 0.3) is 10.0 Å². The Hall–Kier alpha value is -4.09. The summed E-state index contributed by atoms with van der Waals surface area (Å²) in [5.41, 5.74) is 1.34. The SMILES string of the molecule is COc1ccccc1Oc1c(CC(C)(C)O)nc(-c2nc(C)cc(C)n2)nc1NS(=O)(=O)c1ccc(C)cc1. The molecule has 0 aliphatic rings. The molecule has 39 heavy (non-hydrogen) atoms. The second-order valence-corrected chi connectivity index (χ2v) is 11.5. The molecular formula is C28H31N5O5S. The van der Waals surface area contributed by atoms with Gasteiger partial charge in [-0.1, -0.05) is 29.8 Å². The van der Waals surface area contributed by atoms with Crippen molar-refractivity contribution in [2.24, 2.45) is 0 Å². The lowest BCUT2D eigenvalue weighted by Crippen LogP contribution is -2.24. The molecule has 10 nitrogen and oxygen atoms in total. The van der Waals surface area contributed by atoms with Gasteiger partial charge in [0, 0.05) is 17.8 Å². The van der Waals surface area contributed by atoms with Crippen LogP contribution in [0.4, 0.5) is 5.82 Å². The second-order valence-electron chi connectivity index (χ2n) is 9.81. The first-order chi connectivity index (χ1) is 18.3. The van der Waals surface area contributed by atoms with Crippen molar-refractivity contribution in [3.8, 4) is 28.9 Å². The smallest absolute Gasteiger partial charge is 0.263 e. The fourth-order valence-electron chi connectivity index (χ4n) is 3.85. The number of benzene rings is 2. The fraction of sp³-hybridized carbons (Fsp3) is 0.286. The number of sulfonamides is 1. The van der Waals surface area contributed by atoms with Crippen molar-refractivity contribution in [3.63, 3.8) is 0 Å². The quantitative estimate of drug-likeness (QED) is 0.302. The van der Waals surface area contributed by atoms with Gasteiger partial charge in [-0.15, -0.1) is 0 Å². The Morgan fingerprint density at radius 3 is 2.05 bits per heavy atom. The molecule has 0 fully saturated rings. The van der Waals surface area contributed by atoms with Crippen molar-refractivity contribution < 1.29 is 23.0 Å². The number of aromatic nitrogens is 4. The number of hydrogen-bond donors (Lipinski definition) is 2. The van der Waals surface area contributed by atoms with Crippen LogP contribution in [-0.4, -0.2) is 46.2 Å². The number of aliphatic hydroxyl groups is 1. The van der Waals surface area contributed by atoms with Gasteiger partial charge in [0.05, 0.1) is 23.3 Å². The molecule has 0 unspecified atom stereocenters. The van der Waals surface area contributed by atoms with Gasteiger partial charge in [-0.2, -0.15) is 0 Å². The summed E-state index contributed by atoms with van der Waals surface area (Å²) in [4.78, 5) is 18.1. The normalized spacial score (nSPS) is 11.8. The minimum atomic E-state index is -4.09. The number of para-hydroxylation sites is 2. The Kier molecular flexibility index (Phi) is 7.84. The first kappa shape index (κ1) is 27.9. The van der Waals surface area contributed by atoms with Crippen LogP contribution < -0.4 is 14.2 Å². The number of anilines is 1. The Balaban J connectivity index is 1.96. The minimum absolute atomic E-state index is 0.0110. The first-order valence-electron chi connectivity index (χ1n) is 12.2. The lowest BCUT2D eigenvalue weighted by atomic mass is 10.0. The summed E-state index contributed by atoms with van der Waals surface area (Å²) in [7, 11) is -2.59. The van der Waals surface area contributed by atoms with E-state index >= 15 is 0 Å². The predicted octanol–water partition coefficient (Wildman–Crippen LogP) is 4.77. The van der Waals surface area contributed by atoms with Gasteiger partial charge < -0.3 is 14.6 Å². The molecule has 0 bridgehead atoms. The number of ether oxygens (including phenoxy) is 2. The molecule has 0 spiro atoms. The molecule has 0 saturated heterocycles. The maximum absolute atomic E-state index is 13.5. The van der Waals surface area contributed by atoms with Crippen LogP contribution in [0.3, 0.4) is 0 Å². The van der Waals surface area contributed by atoms with Crippen LogP contribution in [0.15, 0.2) is 59.5 Å². The summed E-state index contributed by atoms with van der Waals surface area (Å²) in [6, 6.07) is 15.1. The van der Waals surface area contributed by atoms with E-state index in [1.165, 1.54) is 19.2 Å². The van der Waals surface area contributed by atoms with E-state index in [4.69, 9.17) is 9.47 Å². The van der Waals surface area contributed by atoms with E-state index < -0.39 is 15.6 Å². The van der Waals surface area contributed by atoms with Crippen LogP contribution in [0.1, 0.15) is 36.5 Å². The highest BCUT2D eigenvalue weighted by Crippen LogP contribution is 2.39. The standard InChI is InChI=1S/C28H31N5O5S/c1-17-11-13-20(14-12-17)39(35,36)33-25-24(38-23-10-8-7-9-22(23)37-6)21(16-28(4,5)34)31-27(32-25)26-29-18(2)15-19(3)30-26/h7-15,34H,16H2,1-6H3,(H,31,32,33). The molecule has 4 aromatic rings. The maximum Gasteiger partial charge on any atom is 0.263 e. The third-order valence-corrected chi connectivity index (χ3v) is 6.92. The summed E-state index contributed by atoms with van der Waals surface area (Å²) in [5.74, 6) is 0.908. The Morgan fingerprint density at radius 1 is 0.872 bits per heavy atom. The van der Waals surface area contributed by atoms with E-state index in [0.29, 0.717) is 22.9 Å². The molecule has 0 saturated carbocycles. The van der Waals surface area contributed by atoms with Gasteiger partial charge in [-0.25, -0.2) is 28.4 Å². The third-order valence-electron chi connectivity index (χ3n) is 5.56. The number of aryl methyl sites for hydroxylation is 3. The maximum atomic E-state index is 13.5. The number of nitrogens with zero attached hydrogens (tertiary/aromatic N) is 4. The van der Waals surface area contributed by atoms with Crippen molar-refractivity contribution in [3.05, 3.63) is 77.2 Å². The molecule has 2 heterocycles. The molecule has 4 rings (SSSR count). The van der Waals surface area contributed by atoms with Crippen molar-refractivity contribution in [1.29, 1.82) is 0 Å². The number of methoxy groups -OCH3 is 1.